The first-order valence-electron chi connectivity index (χ1n) is 9.13. The second kappa shape index (κ2) is 6.54. The third-order valence-electron chi connectivity index (χ3n) is 4.81. The van der Waals surface area contributed by atoms with Crippen molar-refractivity contribution in [3.05, 3.63) is 80.5 Å². The molecule has 0 aliphatic heterocycles. The number of hydrogen-bond acceptors (Lipinski definition) is 3. The van der Waals surface area contributed by atoms with Crippen LogP contribution in [0.5, 0.6) is 0 Å². The van der Waals surface area contributed by atoms with E-state index in [1.807, 2.05) is 57.2 Å². The highest BCUT2D eigenvalue weighted by Gasteiger charge is 2.18. The summed E-state index contributed by atoms with van der Waals surface area (Å²) in [4.78, 5) is 26.2. The van der Waals surface area contributed by atoms with Crippen LogP contribution in [0.3, 0.4) is 0 Å². The zero-order valence-corrected chi connectivity index (χ0v) is 15.7. The highest BCUT2D eigenvalue weighted by atomic mass is 16.2. The summed E-state index contributed by atoms with van der Waals surface area (Å²) < 4.78 is 4.61. The van der Waals surface area contributed by atoms with Crippen LogP contribution in [-0.2, 0) is 13.1 Å². The van der Waals surface area contributed by atoms with E-state index in [1.165, 1.54) is 4.68 Å². The molecule has 6 heteroatoms. The molecule has 2 heterocycles. The lowest BCUT2D eigenvalue weighted by Gasteiger charge is -2.11. The molecule has 6 nitrogen and oxygen atoms in total. The maximum atomic E-state index is 13.2. The Morgan fingerprint density at radius 2 is 1.70 bits per heavy atom. The van der Waals surface area contributed by atoms with E-state index in [0.717, 1.165) is 11.1 Å². The molecule has 0 fully saturated rings. The Morgan fingerprint density at radius 3 is 2.44 bits per heavy atom. The summed E-state index contributed by atoms with van der Waals surface area (Å²) in [5, 5.41) is 5.07. The van der Waals surface area contributed by atoms with Gasteiger partial charge in [-0.05, 0) is 36.1 Å². The zero-order valence-electron chi connectivity index (χ0n) is 15.7. The predicted octanol–water partition coefficient (Wildman–Crippen LogP) is 2.82. The van der Waals surface area contributed by atoms with E-state index in [2.05, 4.69) is 5.10 Å². The van der Waals surface area contributed by atoms with Crippen molar-refractivity contribution < 1.29 is 0 Å². The molecular formula is C21H22N4O2. The van der Waals surface area contributed by atoms with E-state index >= 15 is 0 Å². The highest BCUT2D eigenvalue weighted by Crippen LogP contribution is 2.13. The first-order chi connectivity index (χ1) is 13.0. The quantitative estimate of drug-likeness (QED) is 0.561. The lowest BCUT2D eigenvalue weighted by Crippen LogP contribution is -2.27. The Labute approximate surface area is 156 Å². The summed E-state index contributed by atoms with van der Waals surface area (Å²) in [6, 6.07) is 15.1. The zero-order chi connectivity index (χ0) is 19.1. The lowest BCUT2D eigenvalue weighted by atomic mass is 10.1. The third kappa shape index (κ3) is 2.87. The van der Waals surface area contributed by atoms with Crippen molar-refractivity contribution >= 4 is 16.7 Å². The number of hydrogen-bond donors (Lipinski definition) is 0. The van der Waals surface area contributed by atoms with Crippen LogP contribution in [-0.4, -0.2) is 18.7 Å². The van der Waals surface area contributed by atoms with Crippen LogP contribution in [0.1, 0.15) is 25.0 Å². The summed E-state index contributed by atoms with van der Waals surface area (Å²) in [6.07, 6.45) is 0. The summed E-state index contributed by atoms with van der Waals surface area (Å²) in [5.74, 6) is 0.648. The summed E-state index contributed by atoms with van der Waals surface area (Å²) in [6.45, 7) is 6.98. The van der Waals surface area contributed by atoms with Crippen LogP contribution >= 0.6 is 0 Å². The molecule has 0 N–H and O–H groups in total. The fourth-order valence-electron chi connectivity index (χ4n) is 3.45. The number of fused-ring (bicyclic) bond motifs is 3. The molecule has 0 amide bonds. The molecule has 0 saturated heterocycles. The highest BCUT2D eigenvalue weighted by molar-refractivity contribution is 5.80. The molecule has 4 rings (SSSR count). The van der Waals surface area contributed by atoms with E-state index in [1.54, 1.807) is 21.1 Å². The number of aromatic nitrogens is 4. The second-order valence-corrected chi connectivity index (χ2v) is 7.33. The molecule has 0 radical (unpaired) electrons. The van der Waals surface area contributed by atoms with Crippen LogP contribution in [0.2, 0.25) is 0 Å². The van der Waals surface area contributed by atoms with Gasteiger partial charge >= 0.3 is 5.69 Å². The van der Waals surface area contributed by atoms with E-state index in [0.29, 0.717) is 29.8 Å². The van der Waals surface area contributed by atoms with Gasteiger partial charge < -0.3 is 0 Å². The standard InChI is InChI=1S/C21H22N4O2/c1-14(2)12-23-19(26)17-10-6-7-11-18(17)25-20(23)22-24(21(25)27)13-16-9-5-4-8-15(16)3/h4-11,14H,12-13H2,1-3H3. The van der Waals surface area contributed by atoms with Crippen molar-refractivity contribution in [3.63, 3.8) is 0 Å². The summed E-state index contributed by atoms with van der Waals surface area (Å²) in [7, 11) is 0. The largest absolute Gasteiger partial charge is 0.352 e. The van der Waals surface area contributed by atoms with Gasteiger partial charge in [-0.3, -0.25) is 9.36 Å². The van der Waals surface area contributed by atoms with Gasteiger partial charge in [0, 0.05) is 6.54 Å². The molecule has 0 aliphatic carbocycles. The molecule has 0 bridgehead atoms. The van der Waals surface area contributed by atoms with Gasteiger partial charge in [-0.15, -0.1) is 5.10 Å². The average Bonchev–Trinajstić information content (AvgIpc) is 2.97. The van der Waals surface area contributed by atoms with E-state index < -0.39 is 0 Å². The van der Waals surface area contributed by atoms with Crippen LogP contribution in [0, 0.1) is 12.8 Å². The molecule has 2 aromatic heterocycles. The maximum Gasteiger partial charge on any atom is 0.352 e. The average molecular weight is 362 g/mol. The second-order valence-electron chi connectivity index (χ2n) is 7.33. The van der Waals surface area contributed by atoms with Crippen LogP contribution in [0.15, 0.2) is 58.1 Å². The fraction of sp³-hybridized carbons (Fsp3) is 0.286. The molecular weight excluding hydrogens is 340 g/mol. The first kappa shape index (κ1) is 17.3. The van der Waals surface area contributed by atoms with Crippen molar-refractivity contribution in [3.8, 4) is 0 Å². The van der Waals surface area contributed by atoms with Crippen LogP contribution in [0.4, 0.5) is 0 Å². The molecule has 0 unspecified atom stereocenters. The monoisotopic (exact) mass is 362 g/mol. The molecule has 2 aromatic carbocycles. The molecule has 27 heavy (non-hydrogen) atoms. The first-order valence-corrected chi connectivity index (χ1v) is 9.13. The van der Waals surface area contributed by atoms with Crippen molar-refractivity contribution in [1.82, 2.24) is 18.7 Å². The lowest BCUT2D eigenvalue weighted by molar-refractivity contribution is 0.516. The minimum absolute atomic E-state index is 0.111. The SMILES string of the molecule is Cc1ccccc1Cn1nc2n(CC(C)C)c(=O)c3ccccc3n2c1=O. The minimum atomic E-state index is -0.234. The Bertz CT molecular complexity index is 1260. The van der Waals surface area contributed by atoms with Crippen molar-refractivity contribution in [2.75, 3.05) is 0 Å². The molecule has 4 aromatic rings. The minimum Gasteiger partial charge on any atom is -0.276 e. The van der Waals surface area contributed by atoms with Crippen molar-refractivity contribution in [2.45, 2.75) is 33.9 Å². The normalized spacial score (nSPS) is 11.7. The van der Waals surface area contributed by atoms with Gasteiger partial charge in [0.15, 0.2) is 0 Å². The summed E-state index contributed by atoms with van der Waals surface area (Å²) >= 11 is 0. The van der Waals surface area contributed by atoms with E-state index in [4.69, 9.17) is 0 Å². The molecule has 0 atom stereocenters. The van der Waals surface area contributed by atoms with Gasteiger partial charge in [0.2, 0.25) is 5.78 Å². The van der Waals surface area contributed by atoms with Gasteiger partial charge in [-0.1, -0.05) is 50.2 Å². The van der Waals surface area contributed by atoms with Crippen LogP contribution in [0.25, 0.3) is 16.7 Å². The molecule has 0 saturated carbocycles. The smallest absolute Gasteiger partial charge is 0.276 e. The van der Waals surface area contributed by atoms with Crippen molar-refractivity contribution in [2.24, 2.45) is 5.92 Å². The number of rotatable bonds is 4. The fourth-order valence-corrected chi connectivity index (χ4v) is 3.45. The third-order valence-corrected chi connectivity index (χ3v) is 4.81. The van der Waals surface area contributed by atoms with E-state index in [9.17, 15) is 9.59 Å². The Balaban J connectivity index is 2.03. The number of aryl methyl sites for hydroxylation is 1. The summed E-state index contributed by atoms with van der Waals surface area (Å²) in [5.41, 5.74) is 2.39. The van der Waals surface area contributed by atoms with E-state index in [-0.39, 0.29) is 17.2 Å². The molecule has 0 spiro atoms. The Kier molecular flexibility index (Phi) is 4.18. The Morgan fingerprint density at radius 1 is 1.00 bits per heavy atom. The van der Waals surface area contributed by atoms with Gasteiger partial charge in [0.25, 0.3) is 5.56 Å². The van der Waals surface area contributed by atoms with Crippen molar-refractivity contribution in [1.29, 1.82) is 0 Å². The van der Waals surface area contributed by atoms with Gasteiger partial charge in [0.05, 0.1) is 17.4 Å². The molecule has 0 aliphatic rings. The maximum absolute atomic E-state index is 13.2. The topological polar surface area (TPSA) is 61.3 Å². The van der Waals surface area contributed by atoms with Crippen LogP contribution < -0.4 is 11.2 Å². The molecule has 138 valence electrons. The Hall–Kier alpha value is -3.15. The van der Waals surface area contributed by atoms with Gasteiger partial charge in [-0.2, -0.15) is 0 Å². The number of nitrogens with zero attached hydrogens (tertiary/aromatic N) is 4. The van der Waals surface area contributed by atoms with Gasteiger partial charge in [-0.25, -0.2) is 13.9 Å². The van der Waals surface area contributed by atoms with Gasteiger partial charge in [0.1, 0.15) is 0 Å². The number of benzene rings is 2. The number of para-hydroxylation sites is 1. The predicted molar refractivity (Wildman–Crippen MR) is 106 cm³/mol.